The number of carbonyl (C=O) groups is 2. The number of hydrogen-bond acceptors (Lipinski definition) is 3. The molecular formula is C24H30Br2N2O3. The van der Waals surface area contributed by atoms with Gasteiger partial charge in [0.1, 0.15) is 11.8 Å². The topological polar surface area (TPSA) is 58.6 Å². The summed E-state index contributed by atoms with van der Waals surface area (Å²) in [4.78, 5) is 27.2. The molecule has 0 fully saturated rings. The lowest BCUT2D eigenvalue weighted by molar-refractivity contribution is -0.142. The quantitative estimate of drug-likeness (QED) is 0.413. The molecule has 0 unspecified atom stereocenters. The summed E-state index contributed by atoms with van der Waals surface area (Å²) in [7, 11) is 0. The minimum atomic E-state index is -0.617. The van der Waals surface area contributed by atoms with Gasteiger partial charge in [-0.05, 0) is 70.6 Å². The van der Waals surface area contributed by atoms with Gasteiger partial charge in [-0.15, -0.1) is 0 Å². The molecule has 0 aliphatic rings. The van der Waals surface area contributed by atoms with Crippen LogP contribution >= 0.6 is 31.9 Å². The average molecular weight is 554 g/mol. The van der Waals surface area contributed by atoms with Crippen molar-refractivity contribution in [3.63, 3.8) is 0 Å². The molecule has 0 saturated carbocycles. The van der Waals surface area contributed by atoms with Gasteiger partial charge >= 0.3 is 0 Å². The third kappa shape index (κ3) is 7.65. The third-order valence-corrected chi connectivity index (χ3v) is 6.05. The Morgan fingerprint density at radius 2 is 1.84 bits per heavy atom. The monoisotopic (exact) mass is 552 g/mol. The van der Waals surface area contributed by atoms with E-state index in [1.807, 2.05) is 49.4 Å². The molecule has 7 heteroatoms. The van der Waals surface area contributed by atoms with Crippen molar-refractivity contribution < 1.29 is 14.3 Å². The van der Waals surface area contributed by atoms with E-state index in [2.05, 4.69) is 51.0 Å². The van der Waals surface area contributed by atoms with Crippen LogP contribution in [0.1, 0.15) is 51.2 Å². The highest BCUT2D eigenvalue weighted by Gasteiger charge is 2.26. The van der Waals surface area contributed by atoms with Crippen LogP contribution in [0.25, 0.3) is 0 Å². The molecule has 0 radical (unpaired) electrons. The summed E-state index contributed by atoms with van der Waals surface area (Å²) in [6.45, 7) is 8.72. The summed E-state index contributed by atoms with van der Waals surface area (Å²) in [5.74, 6) is 0.574. The van der Waals surface area contributed by atoms with Crippen molar-refractivity contribution >= 4 is 43.7 Å². The van der Waals surface area contributed by atoms with Crippen molar-refractivity contribution in [2.75, 3.05) is 13.2 Å². The Balaban J connectivity index is 2.16. The highest BCUT2D eigenvalue weighted by molar-refractivity contribution is 9.10. The van der Waals surface area contributed by atoms with Gasteiger partial charge in [-0.25, -0.2) is 0 Å². The normalized spacial score (nSPS) is 11.8. The Morgan fingerprint density at radius 1 is 1.10 bits per heavy atom. The molecule has 0 aliphatic carbocycles. The van der Waals surface area contributed by atoms with Crippen LogP contribution in [0, 0.1) is 0 Å². The van der Waals surface area contributed by atoms with Gasteiger partial charge in [-0.3, -0.25) is 9.59 Å². The summed E-state index contributed by atoms with van der Waals surface area (Å²) in [6, 6.07) is 13.0. The Morgan fingerprint density at radius 3 is 2.45 bits per heavy atom. The van der Waals surface area contributed by atoms with Gasteiger partial charge < -0.3 is 15.0 Å². The number of amides is 2. The Bertz CT molecular complexity index is 902. The molecule has 168 valence electrons. The van der Waals surface area contributed by atoms with Crippen LogP contribution in [0.4, 0.5) is 0 Å². The maximum atomic E-state index is 13.1. The molecule has 0 saturated heterocycles. The largest absolute Gasteiger partial charge is 0.483 e. The molecule has 0 spiro atoms. The number of nitrogens with one attached hydrogen (secondary N) is 1. The van der Waals surface area contributed by atoms with Crippen LogP contribution in [-0.2, 0) is 16.1 Å². The first-order valence-electron chi connectivity index (χ1n) is 10.5. The minimum Gasteiger partial charge on any atom is -0.483 e. The van der Waals surface area contributed by atoms with Crippen molar-refractivity contribution in [1.82, 2.24) is 10.2 Å². The molecular weight excluding hydrogens is 524 g/mol. The number of halogens is 2. The zero-order chi connectivity index (χ0) is 23.0. The molecule has 31 heavy (non-hydrogen) atoms. The first kappa shape index (κ1) is 25.4. The zero-order valence-electron chi connectivity index (χ0n) is 18.5. The van der Waals surface area contributed by atoms with E-state index in [1.54, 1.807) is 11.8 Å². The Kier molecular flexibility index (Phi) is 10.0. The van der Waals surface area contributed by atoms with E-state index >= 15 is 0 Å². The smallest absolute Gasteiger partial charge is 0.261 e. The standard InChI is InChI=1S/C24H30Br2N2O3/c1-5-11-27-24(30)17(4)28(14-18-7-6-8-20(25)12-18)23(29)15-31-22-10-9-19(16(2)3)13-21(22)26/h6-10,12-13,16-17H,5,11,14-15H2,1-4H3,(H,27,30)/t17-/m0/s1. The second kappa shape index (κ2) is 12.2. The van der Waals surface area contributed by atoms with Crippen LogP contribution in [0.2, 0.25) is 0 Å². The maximum absolute atomic E-state index is 13.1. The number of benzene rings is 2. The fourth-order valence-electron chi connectivity index (χ4n) is 3.03. The van der Waals surface area contributed by atoms with Gasteiger partial charge in [0.2, 0.25) is 5.91 Å². The molecule has 0 bridgehead atoms. The van der Waals surface area contributed by atoms with Crippen molar-refractivity contribution in [2.24, 2.45) is 0 Å². The van der Waals surface area contributed by atoms with Gasteiger partial charge in [0.25, 0.3) is 5.91 Å². The van der Waals surface area contributed by atoms with Gasteiger partial charge in [0, 0.05) is 17.6 Å². The summed E-state index contributed by atoms with van der Waals surface area (Å²) in [5.41, 5.74) is 2.11. The highest BCUT2D eigenvalue weighted by atomic mass is 79.9. The summed E-state index contributed by atoms with van der Waals surface area (Å²) in [6.07, 6.45) is 0.835. The average Bonchev–Trinajstić information content (AvgIpc) is 2.74. The van der Waals surface area contributed by atoms with Crippen LogP contribution in [0.5, 0.6) is 5.75 Å². The Labute approximate surface area is 201 Å². The van der Waals surface area contributed by atoms with E-state index in [4.69, 9.17) is 4.74 Å². The van der Waals surface area contributed by atoms with E-state index in [9.17, 15) is 9.59 Å². The fourth-order valence-corrected chi connectivity index (χ4v) is 3.98. The molecule has 1 N–H and O–H groups in total. The molecule has 1 atom stereocenters. The van der Waals surface area contributed by atoms with Crippen molar-refractivity contribution in [1.29, 1.82) is 0 Å². The van der Waals surface area contributed by atoms with E-state index in [1.165, 1.54) is 5.56 Å². The number of rotatable bonds is 10. The molecule has 2 aromatic rings. The highest BCUT2D eigenvalue weighted by Crippen LogP contribution is 2.29. The predicted molar refractivity (Wildman–Crippen MR) is 131 cm³/mol. The van der Waals surface area contributed by atoms with Gasteiger partial charge in [-0.1, -0.05) is 54.9 Å². The van der Waals surface area contributed by atoms with Crippen molar-refractivity contribution in [3.8, 4) is 5.75 Å². The first-order chi connectivity index (χ1) is 14.7. The van der Waals surface area contributed by atoms with E-state index < -0.39 is 6.04 Å². The van der Waals surface area contributed by atoms with Crippen molar-refractivity contribution in [3.05, 3.63) is 62.5 Å². The summed E-state index contributed by atoms with van der Waals surface area (Å²) in [5, 5.41) is 2.87. The van der Waals surface area contributed by atoms with Gasteiger partial charge in [0.05, 0.1) is 4.47 Å². The van der Waals surface area contributed by atoms with Crippen LogP contribution < -0.4 is 10.1 Å². The lowest BCUT2D eigenvalue weighted by Crippen LogP contribution is -2.49. The molecule has 0 aromatic heterocycles. The molecule has 0 aliphatic heterocycles. The van der Waals surface area contributed by atoms with Gasteiger partial charge in [-0.2, -0.15) is 0 Å². The molecule has 2 amide bonds. The molecule has 2 rings (SSSR count). The van der Waals surface area contributed by atoms with E-state index in [0.717, 1.165) is 20.9 Å². The number of hydrogen-bond donors (Lipinski definition) is 1. The van der Waals surface area contributed by atoms with Crippen LogP contribution in [-0.4, -0.2) is 35.9 Å². The second-order valence-electron chi connectivity index (χ2n) is 7.75. The van der Waals surface area contributed by atoms with E-state index in [0.29, 0.717) is 24.8 Å². The predicted octanol–water partition coefficient (Wildman–Crippen LogP) is 5.66. The van der Waals surface area contributed by atoms with Crippen LogP contribution in [0.15, 0.2) is 51.4 Å². The van der Waals surface area contributed by atoms with Crippen molar-refractivity contribution in [2.45, 2.75) is 52.6 Å². The zero-order valence-corrected chi connectivity index (χ0v) is 21.6. The maximum Gasteiger partial charge on any atom is 0.261 e. The lowest BCUT2D eigenvalue weighted by Gasteiger charge is -2.29. The van der Waals surface area contributed by atoms with Gasteiger partial charge in [0.15, 0.2) is 6.61 Å². The third-order valence-electron chi connectivity index (χ3n) is 4.93. The summed E-state index contributed by atoms with van der Waals surface area (Å²) >= 11 is 6.99. The number of carbonyl (C=O) groups excluding carboxylic acids is 2. The second-order valence-corrected chi connectivity index (χ2v) is 9.52. The molecule has 5 nitrogen and oxygen atoms in total. The molecule has 0 heterocycles. The summed E-state index contributed by atoms with van der Waals surface area (Å²) < 4.78 is 7.53. The fraction of sp³-hybridized carbons (Fsp3) is 0.417. The molecule has 2 aromatic carbocycles. The first-order valence-corrected chi connectivity index (χ1v) is 12.0. The lowest BCUT2D eigenvalue weighted by atomic mass is 10.0. The number of ether oxygens (including phenoxy) is 1. The number of nitrogens with zero attached hydrogens (tertiary/aromatic N) is 1. The van der Waals surface area contributed by atoms with Crippen LogP contribution in [0.3, 0.4) is 0 Å². The SMILES string of the molecule is CCCNC(=O)[C@H](C)N(Cc1cccc(Br)c1)C(=O)COc1ccc(C(C)C)cc1Br. The van der Waals surface area contributed by atoms with E-state index in [-0.39, 0.29) is 18.4 Å². The Hall–Kier alpha value is -1.86. The minimum absolute atomic E-state index is 0.154.